The van der Waals surface area contributed by atoms with Gasteiger partial charge >= 0.3 is 0 Å². The van der Waals surface area contributed by atoms with E-state index in [0.717, 1.165) is 16.6 Å². The molecule has 6 nitrogen and oxygen atoms in total. The van der Waals surface area contributed by atoms with Gasteiger partial charge in [0.2, 0.25) is 0 Å². The van der Waals surface area contributed by atoms with Crippen molar-refractivity contribution in [2.45, 2.75) is 20.4 Å². The molecule has 1 N–H and O–H groups in total. The minimum Gasteiger partial charge on any atom is -0.319 e. The van der Waals surface area contributed by atoms with Gasteiger partial charge in [-0.05, 0) is 43.7 Å². The van der Waals surface area contributed by atoms with Crippen LogP contribution in [-0.2, 0) is 6.54 Å². The Hall–Kier alpha value is -3.61. The summed E-state index contributed by atoms with van der Waals surface area (Å²) in [7, 11) is 0. The first-order chi connectivity index (χ1) is 13.5. The fraction of sp³-hybridized carbons (Fsp3) is 0.143. The smallest absolute Gasteiger partial charge is 0.256 e. The van der Waals surface area contributed by atoms with Crippen LogP contribution in [0.5, 0.6) is 0 Å². The van der Waals surface area contributed by atoms with Gasteiger partial charge in [-0.15, -0.1) is 0 Å². The number of fused-ring (bicyclic) bond motifs is 1. The van der Waals surface area contributed by atoms with Gasteiger partial charge in [0.1, 0.15) is 5.82 Å². The number of rotatable bonds is 4. The van der Waals surface area contributed by atoms with E-state index in [4.69, 9.17) is 0 Å². The van der Waals surface area contributed by atoms with E-state index >= 15 is 0 Å². The lowest BCUT2D eigenvalue weighted by Crippen LogP contribution is -2.14. The van der Waals surface area contributed by atoms with Crippen molar-refractivity contribution in [3.63, 3.8) is 0 Å². The number of nitrogens with one attached hydrogen (secondary N) is 1. The van der Waals surface area contributed by atoms with E-state index in [2.05, 4.69) is 20.4 Å². The Balaban J connectivity index is 1.62. The molecule has 1 aromatic carbocycles. The fourth-order valence-electron chi connectivity index (χ4n) is 3.17. The summed E-state index contributed by atoms with van der Waals surface area (Å²) in [6, 6.07) is 9.75. The van der Waals surface area contributed by atoms with Crippen LogP contribution in [0, 0.1) is 19.7 Å². The number of carbonyl (C=O) groups is 1. The molecule has 0 bridgehead atoms. The molecule has 0 saturated carbocycles. The van der Waals surface area contributed by atoms with Crippen molar-refractivity contribution in [3.05, 3.63) is 83.3 Å². The summed E-state index contributed by atoms with van der Waals surface area (Å²) in [5.41, 5.74) is 4.33. The summed E-state index contributed by atoms with van der Waals surface area (Å²) in [5, 5.41) is 8.23. The Labute approximate surface area is 161 Å². The van der Waals surface area contributed by atoms with Crippen LogP contribution in [0.15, 0.2) is 55.0 Å². The highest BCUT2D eigenvalue weighted by Gasteiger charge is 2.17. The third-order valence-electron chi connectivity index (χ3n) is 4.66. The Morgan fingerprint density at radius 1 is 1.11 bits per heavy atom. The predicted octanol–water partition coefficient (Wildman–Crippen LogP) is 3.88. The maximum Gasteiger partial charge on any atom is 0.256 e. The van der Waals surface area contributed by atoms with Crippen LogP contribution >= 0.6 is 0 Å². The molecule has 1 amide bonds. The molecule has 0 aliphatic heterocycles. The van der Waals surface area contributed by atoms with Crippen molar-refractivity contribution in [1.29, 1.82) is 0 Å². The molecular weight excluding hydrogens is 357 g/mol. The Bertz CT molecular complexity index is 1160. The first-order valence-electron chi connectivity index (χ1n) is 8.81. The average molecular weight is 375 g/mol. The number of pyridine rings is 2. The largest absolute Gasteiger partial charge is 0.319 e. The summed E-state index contributed by atoms with van der Waals surface area (Å²) in [6.07, 6.45) is 4.86. The number of halogens is 1. The molecule has 0 saturated heterocycles. The summed E-state index contributed by atoms with van der Waals surface area (Å²) in [5.74, 6) is -0.504. The number of aryl methyl sites for hydroxylation is 1. The monoisotopic (exact) mass is 375 g/mol. The molecule has 28 heavy (non-hydrogen) atoms. The van der Waals surface area contributed by atoms with Gasteiger partial charge < -0.3 is 5.32 Å². The molecule has 0 radical (unpaired) electrons. The molecule has 0 spiro atoms. The minimum absolute atomic E-state index is 0.230. The molecule has 0 unspecified atom stereocenters. The summed E-state index contributed by atoms with van der Waals surface area (Å²) in [6.45, 7) is 4.23. The minimum atomic E-state index is -0.273. The van der Waals surface area contributed by atoms with Gasteiger partial charge in [-0.1, -0.05) is 12.1 Å². The molecule has 3 heterocycles. The van der Waals surface area contributed by atoms with E-state index in [1.807, 2.05) is 13.8 Å². The lowest BCUT2D eigenvalue weighted by Gasteiger charge is -2.09. The van der Waals surface area contributed by atoms with Crippen molar-refractivity contribution >= 4 is 22.5 Å². The van der Waals surface area contributed by atoms with Gasteiger partial charge in [0.05, 0.1) is 40.9 Å². The quantitative estimate of drug-likeness (QED) is 0.587. The average Bonchev–Trinajstić information content (AvgIpc) is 2.96. The predicted molar refractivity (Wildman–Crippen MR) is 105 cm³/mol. The summed E-state index contributed by atoms with van der Waals surface area (Å²) < 4.78 is 14.9. The third-order valence-corrected chi connectivity index (χ3v) is 4.66. The lowest BCUT2D eigenvalue weighted by atomic mass is 10.1. The van der Waals surface area contributed by atoms with Crippen molar-refractivity contribution in [2.24, 2.45) is 0 Å². The maximum absolute atomic E-state index is 13.1. The molecule has 0 aliphatic carbocycles. The van der Waals surface area contributed by atoms with E-state index in [0.29, 0.717) is 29.0 Å². The van der Waals surface area contributed by atoms with Crippen LogP contribution in [0.1, 0.15) is 27.3 Å². The van der Waals surface area contributed by atoms with Crippen LogP contribution in [0.2, 0.25) is 0 Å². The summed E-state index contributed by atoms with van der Waals surface area (Å²) >= 11 is 0. The van der Waals surface area contributed by atoms with E-state index < -0.39 is 0 Å². The normalized spacial score (nSPS) is 11.0. The molecule has 140 valence electrons. The first kappa shape index (κ1) is 17.8. The second kappa shape index (κ2) is 7.19. The first-order valence-corrected chi connectivity index (χ1v) is 8.81. The third kappa shape index (κ3) is 3.34. The maximum atomic E-state index is 13.1. The van der Waals surface area contributed by atoms with Gasteiger partial charge in [-0.3, -0.25) is 19.4 Å². The lowest BCUT2D eigenvalue weighted by molar-refractivity contribution is 0.102. The van der Waals surface area contributed by atoms with Gasteiger partial charge in [-0.2, -0.15) is 5.10 Å². The highest BCUT2D eigenvalue weighted by Crippen LogP contribution is 2.23. The molecule has 0 fully saturated rings. The van der Waals surface area contributed by atoms with E-state index in [9.17, 15) is 9.18 Å². The van der Waals surface area contributed by atoms with Gasteiger partial charge in [-0.25, -0.2) is 4.39 Å². The van der Waals surface area contributed by atoms with Gasteiger partial charge in [0, 0.05) is 17.8 Å². The second-order valence-electron chi connectivity index (χ2n) is 6.54. The van der Waals surface area contributed by atoms with Crippen LogP contribution in [0.4, 0.5) is 10.1 Å². The number of hydrogen-bond donors (Lipinski definition) is 1. The van der Waals surface area contributed by atoms with Gasteiger partial charge in [0.25, 0.3) is 5.91 Å². The zero-order valence-electron chi connectivity index (χ0n) is 15.5. The van der Waals surface area contributed by atoms with Crippen molar-refractivity contribution in [1.82, 2.24) is 19.7 Å². The highest BCUT2D eigenvalue weighted by atomic mass is 19.1. The van der Waals surface area contributed by atoms with Crippen molar-refractivity contribution in [2.75, 3.05) is 5.32 Å². The van der Waals surface area contributed by atoms with E-state index in [-0.39, 0.29) is 11.7 Å². The highest BCUT2D eigenvalue weighted by molar-refractivity contribution is 6.12. The van der Waals surface area contributed by atoms with Crippen molar-refractivity contribution in [3.8, 4) is 0 Å². The number of nitrogens with zero attached hydrogens (tertiary/aromatic N) is 4. The standard InChI is InChI=1S/C21H18FN5O/c1-13-20(14(2)27(26-13)12-15-3-5-16(22)6-4-15)25-21(28)18-8-10-24-19-11-23-9-7-17(18)19/h3-11H,12H2,1-2H3,(H,25,28). The number of aromatic nitrogens is 4. The molecule has 4 aromatic rings. The molecular formula is C21H18FN5O. The van der Waals surface area contributed by atoms with Crippen LogP contribution in [0.3, 0.4) is 0 Å². The zero-order valence-corrected chi connectivity index (χ0v) is 15.5. The summed E-state index contributed by atoms with van der Waals surface area (Å²) in [4.78, 5) is 21.2. The van der Waals surface area contributed by atoms with Gasteiger partial charge in [0.15, 0.2) is 0 Å². The molecule has 0 aliphatic rings. The number of hydrogen-bond acceptors (Lipinski definition) is 4. The molecule has 7 heteroatoms. The van der Waals surface area contributed by atoms with Crippen molar-refractivity contribution < 1.29 is 9.18 Å². The zero-order chi connectivity index (χ0) is 19.7. The number of carbonyl (C=O) groups excluding carboxylic acids is 1. The Kier molecular flexibility index (Phi) is 4.57. The molecule has 0 atom stereocenters. The molecule has 4 rings (SSSR count). The van der Waals surface area contributed by atoms with E-state index in [1.54, 1.807) is 47.5 Å². The van der Waals surface area contributed by atoms with Crippen LogP contribution in [0.25, 0.3) is 10.9 Å². The Morgan fingerprint density at radius 2 is 1.89 bits per heavy atom. The fourth-order valence-corrected chi connectivity index (χ4v) is 3.17. The topological polar surface area (TPSA) is 72.7 Å². The van der Waals surface area contributed by atoms with Crippen LogP contribution < -0.4 is 5.32 Å². The molecule has 3 aromatic heterocycles. The SMILES string of the molecule is Cc1nn(Cc2ccc(F)cc2)c(C)c1NC(=O)c1ccnc2cnccc12. The van der Waals surface area contributed by atoms with E-state index in [1.165, 1.54) is 12.1 Å². The number of amides is 1. The number of benzene rings is 1. The van der Waals surface area contributed by atoms with Crippen LogP contribution in [-0.4, -0.2) is 25.7 Å². The Morgan fingerprint density at radius 3 is 2.68 bits per heavy atom. The second-order valence-corrected chi connectivity index (χ2v) is 6.54. The number of anilines is 1.